The van der Waals surface area contributed by atoms with E-state index in [-0.39, 0.29) is 16.9 Å². The highest BCUT2D eigenvalue weighted by Gasteiger charge is 2.24. The van der Waals surface area contributed by atoms with Crippen LogP contribution in [0, 0.1) is 0 Å². The Balaban J connectivity index is 2.00. The van der Waals surface area contributed by atoms with Gasteiger partial charge in [-0.3, -0.25) is 0 Å². The average Bonchev–Trinajstić information content (AvgIpc) is 2.45. The number of ether oxygens (including phenoxy) is 1. The molecule has 0 spiro atoms. The molecule has 1 aromatic heterocycles. The van der Waals surface area contributed by atoms with Crippen molar-refractivity contribution in [1.29, 1.82) is 0 Å². The molecular formula is C16H16Cl2N2O2. The summed E-state index contributed by atoms with van der Waals surface area (Å²) in [6.45, 7) is 3.87. The molecule has 1 amide bonds. The highest BCUT2D eigenvalue weighted by Crippen LogP contribution is 2.25. The lowest BCUT2D eigenvalue weighted by Crippen LogP contribution is -2.41. The van der Waals surface area contributed by atoms with Gasteiger partial charge in [0.1, 0.15) is 16.9 Å². The van der Waals surface area contributed by atoms with Gasteiger partial charge in [0.25, 0.3) is 0 Å². The van der Waals surface area contributed by atoms with Crippen LogP contribution >= 0.6 is 23.2 Å². The van der Waals surface area contributed by atoms with Gasteiger partial charge in [0.15, 0.2) is 0 Å². The van der Waals surface area contributed by atoms with Crippen LogP contribution in [0.15, 0.2) is 42.5 Å². The largest absolute Gasteiger partial charge is 0.445 e. The van der Waals surface area contributed by atoms with E-state index in [2.05, 4.69) is 10.3 Å². The standard InChI is InChI=1S/C16H16Cl2N2O2/c1-16(2,12-8-13(17)19-14(18)9-12)20-15(21)22-10-11-6-4-3-5-7-11/h3-9H,10H2,1-2H3,(H,20,21). The molecule has 0 radical (unpaired) electrons. The molecule has 0 saturated heterocycles. The van der Waals surface area contributed by atoms with Gasteiger partial charge >= 0.3 is 6.09 Å². The molecule has 6 heteroatoms. The van der Waals surface area contributed by atoms with E-state index in [4.69, 9.17) is 27.9 Å². The molecule has 1 aromatic carbocycles. The number of nitrogens with zero attached hydrogens (tertiary/aromatic N) is 1. The van der Waals surface area contributed by atoms with Gasteiger partial charge < -0.3 is 10.1 Å². The van der Waals surface area contributed by atoms with E-state index in [1.165, 1.54) is 0 Å². The number of rotatable bonds is 4. The second kappa shape index (κ2) is 6.99. The first-order valence-corrected chi connectivity index (χ1v) is 7.45. The molecule has 22 heavy (non-hydrogen) atoms. The second-order valence-corrected chi connectivity index (χ2v) is 6.09. The van der Waals surface area contributed by atoms with E-state index >= 15 is 0 Å². The normalized spacial score (nSPS) is 11.1. The third-order valence-electron chi connectivity index (χ3n) is 3.11. The summed E-state index contributed by atoms with van der Waals surface area (Å²) >= 11 is 11.8. The number of carbonyl (C=O) groups is 1. The van der Waals surface area contributed by atoms with Crippen molar-refractivity contribution < 1.29 is 9.53 Å². The second-order valence-electron chi connectivity index (χ2n) is 5.31. The fourth-order valence-electron chi connectivity index (χ4n) is 1.91. The third-order valence-corrected chi connectivity index (χ3v) is 3.50. The van der Waals surface area contributed by atoms with Crippen molar-refractivity contribution in [3.63, 3.8) is 0 Å². The van der Waals surface area contributed by atoms with Crippen LogP contribution in [0.5, 0.6) is 0 Å². The maximum Gasteiger partial charge on any atom is 0.408 e. The summed E-state index contributed by atoms with van der Waals surface area (Å²) in [6.07, 6.45) is -0.516. The van der Waals surface area contributed by atoms with Crippen LogP contribution in [0.25, 0.3) is 0 Å². The molecule has 1 N–H and O–H groups in total. The van der Waals surface area contributed by atoms with Crippen molar-refractivity contribution in [3.05, 3.63) is 63.9 Å². The number of hydrogen-bond acceptors (Lipinski definition) is 3. The first-order valence-electron chi connectivity index (χ1n) is 6.69. The van der Waals surface area contributed by atoms with Gasteiger partial charge in [-0.05, 0) is 37.1 Å². The number of amides is 1. The van der Waals surface area contributed by atoms with E-state index in [9.17, 15) is 4.79 Å². The van der Waals surface area contributed by atoms with Gasteiger partial charge in [0, 0.05) is 0 Å². The van der Waals surface area contributed by atoms with Gasteiger partial charge in [-0.25, -0.2) is 9.78 Å². The van der Waals surface area contributed by atoms with Crippen LogP contribution in [0.3, 0.4) is 0 Å². The van der Waals surface area contributed by atoms with Gasteiger partial charge in [-0.2, -0.15) is 0 Å². The molecule has 0 aliphatic heterocycles. The number of carbonyl (C=O) groups excluding carboxylic acids is 1. The average molecular weight is 339 g/mol. The Hall–Kier alpha value is -1.78. The van der Waals surface area contributed by atoms with Crippen molar-refractivity contribution in [2.75, 3.05) is 0 Å². The number of benzene rings is 1. The summed E-state index contributed by atoms with van der Waals surface area (Å²) < 4.78 is 5.21. The first-order chi connectivity index (χ1) is 10.4. The van der Waals surface area contributed by atoms with Gasteiger partial charge in [0.2, 0.25) is 0 Å². The predicted octanol–water partition coefficient (Wildman–Crippen LogP) is 4.55. The minimum absolute atomic E-state index is 0.209. The van der Waals surface area contributed by atoms with Crippen LogP contribution in [-0.2, 0) is 16.9 Å². The summed E-state index contributed by atoms with van der Waals surface area (Å²) in [4.78, 5) is 15.9. The number of alkyl carbamates (subject to hydrolysis) is 1. The van der Waals surface area contributed by atoms with Crippen molar-refractivity contribution in [1.82, 2.24) is 10.3 Å². The Bertz CT molecular complexity index is 640. The van der Waals surface area contributed by atoms with Crippen LogP contribution in [0.2, 0.25) is 10.3 Å². The van der Waals surface area contributed by atoms with Gasteiger partial charge in [0.05, 0.1) is 5.54 Å². The van der Waals surface area contributed by atoms with Crippen LogP contribution in [0.1, 0.15) is 25.0 Å². The number of halogens is 2. The Morgan fingerprint density at radius 3 is 2.36 bits per heavy atom. The highest BCUT2D eigenvalue weighted by molar-refractivity contribution is 6.32. The van der Waals surface area contributed by atoms with Crippen molar-refractivity contribution in [3.8, 4) is 0 Å². The lowest BCUT2D eigenvalue weighted by Gasteiger charge is -2.26. The van der Waals surface area contributed by atoms with E-state index in [0.29, 0.717) is 0 Å². The monoisotopic (exact) mass is 338 g/mol. The molecule has 0 aliphatic carbocycles. The zero-order valence-corrected chi connectivity index (χ0v) is 13.8. The molecular weight excluding hydrogens is 323 g/mol. The van der Waals surface area contributed by atoms with E-state index < -0.39 is 11.6 Å². The fraction of sp³-hybridized carbons (Fsp3) is 0.250. The Morgan fingerprint density at radius 1 is 1.18 bits per heavy atom. The van der Waals surface area contributed by atoms with E-state index in [1.54, 1.807) is 12.1 Å². The molecule has 0 bridgehead atoms. The van der Waals surface area contributed by atoms with Crippen LogP contribution in [0.4, 0.5) is 4.79 Å². The Morgan fingerprint density at radius 2 is 1.77 bits per heavy atom. The molecule has 2 aromatic rings. The number of pyridine rings is 1. The molecule has 0 saturated carbocycles. The highest BCUT2D eigenvalue weighted by atomic mass is 35.5. The summed E-state index contributed by atoms with van der Waals surface area (Å²) in [5.74, 6) is 0. The number of nitrogens with one attached hydrogen (secondary N) is 1. The fourth-order valence-corrected chi connectivity index (χ4v) is 2.37. The van der Waals surface area contributed by atoms with Crippen LogP contribution < -0.4 is 5.32 Å². The Kier molecular flexibility index (Phi) is 5.27. The van der Waals surface area contributed by atoms with Crippen molar-refractivity contribution in [2.45, 2.75) is 26.0 Å². The number of hydrogen-bond donors (Lipinski definition) is 1. The lowest BCUT2D eigenvalue weighted by atomic mass is 9.96. The number of aromatic nitrogens is 1. The topological polar surface area (TPSA) is 51.2 Å². The van der Waals surface area contributed by atoms with Gasteiger partial charge in [-0.15, -0.1) is 0 Å². The minimum atomic E-state index is -0.690. The predicted molar refractivity (Wildman–Crippen MR) is 87.0 cm³/mol. The van der Waals surface area contributed by atoms with E-state index in [0.717, 1.165) is 11.1 Å². The van der Waals surface area contributed by atoms with Crippen molar-refractivity contribution in [2.24, 2.45) is 0 Å². The molecule has 1 heterocycles. The minimum Gasteiger partial charge on any atom is -0.445 e. The molecule has 0 unspecified atom stereocenters. The first kappa shape index (κ1) is 16.6. The molecule has 0 aliphatic rings. The quantitative estimate of drug-likeness (QED) is 0.832. The Labute approximate surface area is 139 Å². The van der Waals surface area contributed by atoms with Crippen molar-refractivity contribution >= 4 is 29.3 Å². The van der Waals surface area contributed by atoms with Crippen LogP contribution in [-0.4, -0.2) is 11.1 Å². The zero-order chi connectivity index (χ0) is 16.2. The summed E-state index contributed by atoms with van der Waals surface area (Å²) in [5.41, 5.74) is 0.976. The third kappa shape index (κ3) is 4.61. The summed E-state index contributed by atoms with van der Waals surface area (Å²) in [7, 11) is 0. The van der Waals surface area contributed by atoms with Gasteiger partial charge in [-0.1, -0.05) is 53.5 Å². The smallest absolute Gasteiger partial charge is 0.408 e. The SMILES string of the molecule is CC(C)(NC(=O)OCc1ccccc1)c1cc(Cl)nc(Cl)c1. The zero-order valence-electron chi connectivity index (χ0n) is 12.3. The summed E-state index contributed by atoms with van der Waals surface area (Å²) in [5, 5.41) is 3.34. The van der Waals surface area contributed by atoms with E-state index in [1.807, 2.05) is 44.2 Å². The summed E-state index contributed by atoms with van der Waals surface area (Å²) in [6, 6.07) is 12.8. The molecule has 4 nitrogen and oxygen atoms in total. The molecule has 0 fully saturated rings. The maximum absolute atomic E-state index is 12.0. The molecule has 116 valence electrons. The molecule has 0 atom stereocenters. The maximum atomic E-state index is 12.0. The molecule has 2 rings (SSSR count). The lowest BCUT2D eigenvalue weighted by molar-refractivity contribution is 0.129.